The van der Waals surface area contributed by atoms with E-state index in [0.717, 1.165) is 44.9 Å². The second-order valence-electron chi connectivity index (χ2n) is 5.63. The molecule has 1 aromatic carbocycles. The Morgan fingerprint density at radius 1 is 1.16 bits per heavy atom. The van der Waals surface area contributed by atoms with Gasteiger partial charge in [-0.25, -0.2) is 0 Å². The van der Waals surface area contributed by atoms with Crippen LogP contribution >= 0.6 is 0 Å². The Balaban J connectivity index is 1.78. The Hall–Kier alpha value is -1.06. The van der Waals surface area contributed by atoms with Gasteiger partial charge in [0, 0.05) is 32.7 Å². The van der Waals surface area contributed by atoms with Gasteiger partial charge in [0.05, 0.1) is 6.10 Å². The van der Waals surface area contributed by atoms with Gasteiger partial charge >= 0.3 is 0 Å². The predicted octanol–water partition coefficient (Wildman–Crippen LogP) is 2.37. The number of rotatable bonds is 5. The average Bonchev–Trinajstić information content (AvgIpc) is 2.36. The zero-order chi connectivity index (χ0) is 13.7. The smallest absolute Gasteiger partial charge is 0.120 e. The molecule has 1 unspecified atom stereocenters. The summed E-state index contributed by atoms with van der Waals surface area (Å²) in [5.74, 6) is 1.00. The van der Waals surface area contributed by atoms with E-state index in [2.05, 4.69) is 49.2 Å². The van der Waals surface area contributed by atoms with Crippen molar-refractivity contribution in [3.63, 3.8) is 0 Å². The fourth-order valence-electron chi connectivity index (χ4n) is 2.59. The topological polar surface area (TPSA) is 24.5 Å². The molecule has 106 valence electrons. The lowest BCUT2D eigenvalue weighted by Gasteiger charge is -2.28. The molecule has 1 N–H and O–H groups in total. The molecule has 2 rings (SSSR count). The quantitative estimate of drug-likeness (QED) is 0.881. The van der Waals surface area contributed by atoms with Crippen molar-refractivity contribution >= 4 is 0 Å². The summed E-state index contributed by atoms with van der Waals surface area (Å²) in [5.41, 5.74) is 2.54. The zero-order valence-corrected chi connectivity index (χ0v) is 12.4. The lowest BCUT2D eigenvalue weighted by Crippen LogP contribution is -2.44. The summed E-state index contributed by atoms with van der Waals surface area (Å²) in [5, 5.41) is 3.38. The summed E-state index contributed by atoms with van der Waals surface area (Å²) in [4.78, 5) is 2.51. The zero-order valence-electron chi connectivity index (χ0n) is 12.4. The van der Waals surface area contributed by atoms with E-state index in [1.54, 1.807) is 0 Å². The van der Waals surface area contributed by atoms with Crippen molar-refractivity contribution in [1.29, 1.82) is 0 Å². The number of hydrogen-bond acceptors (Lipinski definition) is 3. The monoisotopic (exact) mass is 262 g/mol. The Morgan fingerprint density at radius 2 is 1.79 bits per heavy atom. The second-order valence-corrected chi connectivity index (χ2v) is 5.63. The lowest BCUT2D eigenvalue weighted by molar-refractivity contribution is 0.167. The number of ether oxygens (including phenoxy) is 1. The number of hydrogen-bond donors (Lipinski definition) is 1. The van der Waals surface area contributed by atoms with E-state index >= 15 is 0 Å². The third-order valence-electron chi connectivity index (χ3n) is 3.59. The van der Waals surface area contributed by atoms with Crippen LogP contribution in [0.3, 0.4) is 0 Å². The van der Waals surface area contributed by atoms with Crippen molar-refractivity contribution in [2.24, 2.45) is 0 Å². The number of nitrogens with one attached hydrogen (secondary N) is 1. The van der Waals surface area contributed by atoms with E-state index in [1.165, 1.54) is 11.1 Å². The van der Waals surface area contributed by atoms with Crippen LogP contribution in [0.5, 0.6) is 5.75 Å². The maximum atomic E-state index is 6.02. The molecule has 3 heteroatoms. The number of nitrogens with zero attached hydrogens (tertiary/aromatic N) is 1. The van der Waals surface area contributed by atoms with E-state index in [4.69, 9.17) is 4.74 Å². The molecule has 1 saturated heterocycles. The molecule has 0 aromatic heterocycles. The van der Waals surface area contributed by atoms with Crippen LogP contribution in [-0.2, 0) is 0 Å². The molecular weight excluding hydrogens is 236 g/mol. The van der Waals surface area contributed by atoms with Gasteiger partial charge in [0.2, 0.25) is 0 Å². The summed E-state index contributed by atoms with van der Waals surface area (Å²) in [6.07, 6.45) is 1.36. The van der Waals surface area contributed by atoms with Crippen molar-refractivity contribution < 1.29 is 4.74 Å². The summed E-state index contributed by atoms with van der Waals surface area (Å²) < 4.78 is 6.02. The number of aryl methyl sites for hydroxylation is 2. The molecule has 0 aliphatic carbocycles. The van der Waals surface area contributed by atoms with Gasteiger partial charge in [-0.1, -0.05) is 6.07 Å². The van der Waals surface area contributed by atoms with Gasteiger partial charge < -0.3 is 15.0 Å². The van der Waals surface area contributed by atoms with E-state index in [0.29, 0.717) is 0 Å². The van der Waals surface area contributed by atoms with Crippen LogP contribution < -0.4 is 10.1 Å². The first-order valence-electron chi connectivity index (χ1n) is 7.31. The SMILES string of the molecule is Cc1cc(C)cc(OC(C)CCN2CCNCC2)c1. The van der Waals surface area contributed by atoms with E-state index in [9.17, 15) is 0 Å². The molecule has 1 aliphatic rings. The van der Waals surface area contributed by atoms with Gasteiger partial charge in [0.25, 0.3) is 0 Å². The Labute approximate surface area is 116 Å². The highest BCUT2D eigenvalue weighted by molar-refractivity contribution is 5.33. The van der Waals surface area contributed by atoms with Crippen LogP contribution in [0.2, 0.25) is 0 Å². The Bertz CT molecular complexity index is 379. The molecule has 0 saturated carbocycles. The summed E-state index contributed by atoms with van der Waals surface area (Å²) in [7, 11) is 0. The van der Waals surface area contributed by atoms with Gasteiger partial charge in [-0.2, -0.15) is 0 Å². The highest BCUT2D eigenvalue weighted by Crippen LogP contribution is 2.18. The van der Waals surface area contributed by atoms with Crippen molar-refractivity contribution in [3.8, 4) is 5.75 Å². The molecule has 1 heterocycles. The minimum atomic E-state index is 0.274. The van der Waals surface area contributed by atoms with Crippen LogP contribution in [0.4, 0.5) is 0 Å². The highest BCUT2D eigenvalue weighted by atomic mass is 16.5. The summed E-state index contributed by atoms with van der Waals surface area (Å²) in [6, 6.07) is 6.42. The fourth-order valence-corrected chi connectivity index (χ4v) is 2.59. The average molecular weight is 262 g/mol. The largest absolute Gasteiger partial charge is 0.491 e. The maximum Gasteiger partial charge on any atom is 0.120 e. The van der Waals surface area contributed by atoms with Gasteiger partial charge in [0.15, 0.2) is 0 Å². The molecule has 1 aromatic rings. The third kappa shape index (κ3) is 4.84. The molecule has 3 nitrogen and oxygen atoms in total. The van der Waals surface area contributed by atoms with E-state index in [-0.39, 0.29) is 6.10 Å². The molecular formula is C16H26N2O. The summed E-state index contributed by atoms with van der Waals surface area (Å²) in [6.45, 7) is 12.1. The minimum absolute atomic E-state index is 0.274. The van der Waals surface area contributed by atoms with Gasteiger partial charge in [0.1, 0.15) is 5.75 Å². The van der Waals surface area contributed by atoms with Gasteiger partial charge in [-0.15, -0.1) is 0 Å². The van der Waals surface area contributed by atoms with Gasteiger partial charge in [-0.3, -0.25) is 0 Å². The highest BCUT2D eigenvalue weighted by Gasteiger charge is 2.12. The van der Waals surface area contributed by atoms with Crippen molar-refractivity contribution in [1.82, 2.24) is 10.2 Å². The normalized spacial score (nSPS) is 18.3. The number of benzene rings is 1. The molecule has 0 spiro atoms. The second kappa shape index (κ2) is 6.92. The predicted molar refractivity (Wildman–Crippen MR) is 79.9 cm³/mol. The first-order chi connectivity index (χ1) is 9.13. The van der Waals surface area contributed by atoms with Crippen LogP contribution in [0.15, 0.2) is 18.2 Å². The van der Waals surface area contributed by atoms with Crippen LogP contribution in [0.25, 0.3) is 0 Å². The lowest BCUT2D eigenvalue weighted by atomic mass is 10.1. The molecule has 1 fully saturated rings. The first kappa shape index (κ1) is 14.4. The Morgan fingerprint density at radius 3 is 2.42 bits per heavy atom. The standard InChI is InChI=1S/C16H26N2O/c1-13-10-14(2)12-16(11-13)19-15(3)4-7-18-8-5-17-6-9-18/h10-12,15,17H,4-9H2,1-3H3. The van der Waals surface area contributed by atoms with Crippen molar-refractivity contribution in [2.75, 3.05) is 32.7 Å². The molecule has 0 amide bonds. The van der Waals surface area contributed by atoms with Crippen LogP contribution in [0, 0.1) is 13.8 Å². The van der Waals surface area contributed by atoms with E-state index in [1.807, 2.05) is 0 Å². The van der Waals surface area contributed by atoms with Crippen molar-refractivity contribution in [2.45, 2.75) is 33.3 Å². The molecule has 1 atom stereocenters. The maximum absolute atomic E-state index is 6.02. The number of piperazine rings is 1. The van der Waals surface area contributed by atoms with E-state index < -0.39 is 0 Å². The molecule has 1 aliphatic heterocycles. The van der Waals surface area contributed by atoms with Crippen molar-refractivity contribution in [3.05, 3.63) is 29.3 Å². The molecule has 0 bridgehead atoms. The fraction of sp³-hybridized carbons (Fsp3) is 0.625. The molecule has 19 heavy (non-hydrogen) atoms. The third-order valence-corrected chi connectivity index (χ3v) is 3.59. The molecule has 0 radical (unpaired) electrons. The van der Waals surface area contributed by atoms with Crippen LogP contribution in [0.1, 0.15) is 24.5 Å². The first-order valence-corrected chi connectivity index (χ1v) is 7.31. The van der Waals surface area contributed by atoms with Gasteiger partial charge in [-0.05, 0) is 50.5 Å². The summed E-state index contributed by atoms with van der Waals surface area (Å²) >= 11 is 0. The minimum Gasteiger partial charge on any atom is -0.491 e. The van der Waals surface area contributed by atoms with Crippen LogP contribution in [-0.4, -0.2) is 43.7 Å². The Kier molecular flexibility index (Phi) is 5.23.